The van der Waals surface area contributed by atoms with E-state index in [9.17, 15) is 158 Å². The molecule has 0 N–H and O–H groups in total. The van der Waals surface area contributed by atoms with Gasteiger partial charge in [0.1, 0.15) is 0 Å². The van der Waals surface area contributed by atoms with E-state index >= 15 is 0 Å². The number of hydrogen-bond donors (Lipinski definition) is 0. The van der Waals surface area contributed by atoms with Crippen molar-refractivity contribution in [3.05, 3.63) is 335 Å². The lowest BCUT2D eigenvalue weighted by atomic mass is 10.1. The van der Waals surface area contributed by atoms with Gasteiger partial charge in [0.05, 0.1) is 76.8 Å². The second-order valence-electron chi connectivity index (χ2n) is 21.7. The largest absolute Gasteiger partial charge is 0.417 e. The summed E-state index contributed by atoms with van der Waals surface area (Å²) >= 11 is 33.1. The molecule has 0 aliphatic heterocycles. The lowest BCUT2D eigenvalue weighted by Gasteiger charge is -2.11. The third-order valence-electron chi connectivity index (χ3n) is 12.6. The predicted octanol–water partition coefficient (Wildman–Crippen LogP) is 37.1. The molecule has 0 nitrogen and oxygen atoms in total. The average Bonchev–Trinajstić information content (AvgIpc) is 0.804. The van der Waals surface area contributed by atoms with Gasteiger partial charge in [-0.05, 0) is 318 Å². The van der Waals surface area contributed by atoms with E-state index in [1.807, 2.05) is 90.4 Å². The molecule has 48 heteroatoms. The minimum absolute atomic E-state index is 0.0742. The highest BCUT2D eigenvalue weighted by atomic mass is 127. The van der Waals surface area contributed by atoms with Gasteiger partial charge in [-0.1, -0.05) is 123 Å². The van der Waals surface area contributed by atoms with Crippen LogP contribution in [0.5, 0.6) is 0 Å². The smallest absolute Gasteiger partial charge is 0.166 e. The first-order valence-electron chi connectivity index (χ1n) is 29.9. The molecule has 660 valence electrons. The van der Waals surface area contributed by atoms with E-state index in [0.717, 1.165) is 94.6 Å². The maximum Gasteiger partial charge on any atom is 0.417 e. The van der Waals surface area contributed by atoms with Gasteiger partial charge in [-0.25, -0.2) is 0 Å². The minimum Gasteiger partial charge on any atom is -0.166 e. The predicted molar refractivity (Wildman–Crippen MR) is 442 cm³/mol. The van der Waals surface area contributed by atoms with Gasteiger partial charge in [-0.3, -0.25) is 0 Å². The molecule has 0 amide bonds. The van der Waals surface area contributed by atoms with Crippen LogP contribution in [0.15, 0.2) is 236 Å². The second-order valence-corrected chi connectivity index (χ2v) is 33.4. The van der Waals surface area contributed by atoms with E-state index in [2.05, 4.69) is 63.7 Å². The highest BCUT2D eigenvalue weighted by Crippen LogP contribution is 2.42. The number of alkyl halides is 36. The van der Waals surface area contributed by atoms with Crippen molar-refractivity contribution in [2.24, 2.45) is 0 Å². The Morgan fingerprint density at radius 2 is 0.433 bits per heavy atom. The summed E-state index contributed by atoms with van der Waals surface area (Å²) in [4.78, 5) is 0. The molecule has 120 heavy (non-hydrogen) atoms. The molecule has 0 saturated heterocycles. The lowest BCUT2D eigenvalue weighted by Crippen LogP contribution is -2.10. The quantitative estimate of drug-likeness (QED) is 0.105. The lowest BCUT2D eigenvalue weighted by molar-refractivity contribution is -0.144. The molecule has 0 heterocycles. The summed E-state index contributed by atoms with van der Waals surface area (Å²) in [5.41, 5.74) is -10.3. The summed E-state index contributed by atoms with van der Waals surface area (Å²) < 4.78 is 437. The van der Waals surface area contributed by atoms with Gasteiger partial charge in [0.15, 0.2) is 0 Å². The molecule has 0 radical (unpaired) electrons. The van der Waals surface area contributed by atoms with Crippen LogP contribution in [-0.2, 0) is 74.1 Å². The molecular formula is C72H36Br4Cl2F36I6. The number of benzene rings is 10. The summed E-state index contributed by atoms with van der Waals surface area (Å²) in [7, 11) is 0. The van der Waals surface area contributed by atoms with Crippen molar-refractivity contribution in [2.75, 3.05) is 0 Å². The Hall–Kier alpha value is -3.44. The molecule has 10 rings (SSSR count). The van der Waals surface area contributed by atoms with Crippen LogP contribution in [0.2, 0.25) is 10.0 Å². The van der Waals surface area contributed by atoms with Crippen LogP contribution in [0.4, 0.5) is 158 Å². The van der Waals surface area contributed by atoms with E-state index in [-0.39, 0.29) is 29.7 Å². The van der Waals surface area contributed by atoms with Gasteiger partial charge in [-0.2, -0.15) is 158 Å². The van der Waals surface area contributed by atoms with Crippen molar-refractivity contribution < 1.29 is 158 Å². The van der Waals surface area contributed by atoms with Gasteiger partial charge in [-0.15, -0.1) is 0 Å². The molecular weight excluding hydrogens is 2700 g/mol. The zero-order valence-corrected chi connectivity index (χ0v) is 77.7. The maximum absolute atomic E-state index is 12.1. The molecule has 0 aromatic heterocycles. The monoisotopic (exact) mass is 2730 g/mol. The summed E-state index contributed by atoms with van der Waals surface area (Å²) in [6.07, 6.45) is -53.1. The van der Waals surface area contributed by atoms with Crippen molar-refractivity contribution in [3.8, 4) is 0 Å². The highest BCUT2D eigenvalue weighted by molar-refractivity contribution is 14.1. The highest BCUT2D eigenvalue weighted by Gasteiger charge is 2.40. The van der Waals surface area contributed by atoms with E-state index in [0.29, 0.717) is 52.5 Å². The Bertz CT molecular complexity index is 4420. The van der Waals surface area contributed by atoms with Gasteiger partial charge in [0.2, 0.25) is 0 Å². The number of halogens is 48. The molecule has 0 aliphatic rings. The van der Waals surface area contributed by atoms with Gasteiger partial charge < -0.3 is 0 Å². The molecule has 0 spiro atoms. The first kappa shape index (κ1) is 115. The topological polar surface area (TPSA) is 0 Å². The van der Waals surface area contributed by atoms with Crippen LogP contribution in [0.25, 0.3) is 0 Å². The standard InChI is InChI=1S/2C8H3BrF6.2C7H4BrF3.2C7H3ClF3I.4C7H4F3I/c2*9-6-2-4(7(10,11)12)1-5(3-6)8(13,14)15;2*8-6-3-1-2-5(4-6)7(9,10)11;8-5-3-4(7(9,10)11)1-2-6(5)12;8-5-2-1-4(3-6(5)12)7(9,10)11;8-7(9,10)5-1-3-6(11)4-2-5;2*8-7(9,10)5-2-1-3-6(11)4-5;8-7(9,10)5-3-1-2-4-6(5)11/h2*1-3H;2*1-4H;2*1-3H;4*1-4H. The van der Waals surface area contributed by atoms with Crippen LogP contribution in [0.3, 0.4) is 0 Å². The fraction of sp³-hybridized carbons (Fsp3) is 0.167. The Kier molecular flexibility index (Phi) is 46.4. The molecule has 0 atom stereocenters. The molecule has 10 aromatic carbocycles. The Morgan fingerprint density at radius 1 is 0.175 bits per heavy atom. The van der Waals surface area contributed by atoms with E-state index in [1.165, 1.54) is 60.7 Å². The van der Waals surface area contributed by atoms with Gasteiger partial charge in [0, 0.05) is 39.3 Å². The summed E-state index contributed by atoms with van der Waals surface area (Å²) in [6.45, 7) is 0. The van der Waals surface area contributed by atoms with Crippen LogP contribution in [-0.4, -0.2) is 0 Å². The van der Waals surface area contributed by atoms with E-state index < -0.39 is 141 Å². The minimum atomic E-state index is -4.79. The van der Waals surface area contributed by atoms with E-state index in [4.69, 9.17) is 23.2 Å². The van der Waals surface area contributed by atoms with Gasteiger partial charge in [0.25, 0.3) is 0 Å². The summed E-state index contributed by atoms with van der Waals surface area (Å²) in [5.74, 6) is 0. The molecule has 0 bridgehead atoms. The van der Waals surface area contributed by atoms with Crippen LogP contribution in [0, 0.1) is 21.4 Å². The van der Waals surface area contributed by atoms with Crippen molar-refractivity contribution in [3.63, 3.8) is 0 Å². The molecule has 0 fully saturated rings. The fourth-order valence-electron chi connectivity index (χ4n) is 7.17. The molecule has 0 unspecified atom stereocenters. The van der Waals surface area contributed by atoms with Crippen LogP contribution < -0.4 is 0 Å². The normalized spacial score (nSPS) is 12.0. The molecule has 10 aromatic rings. The first-order chi connectivity index (χ1) is 54.0. The molecule has 0 saturated carbocycles. The van der Waals surface area contributed by atoms with Crippen molar-refractivity contribution in [1.82, 2.24) is 0 Å². The summed E-state index contributed by atoms with van der Waals surface area (Å²) in [6, 6.07) is 39.8. The zero-order chi connectivity index (χ0) is 93.3. The third kappa shape index (κ3) is 45.8. The fourth-order valence-corrected chi connectivity index (χ4v) is 12.2. The Morgan fingerprint density at radius 3 is 0.675 bits per heavy atom. The van der Waals surface area contributed by atoms with Crippen molar-refractivity contribution in [1.29, 1.82) is 0 Å². The van der Waals surface area contributed by atoms with Crippen molar-refractivity contribution >= 4 is 222 Å². The SMILES string of the molecule is FC(F)(F)c1cc(Br)cc(C(F)(F)F)c1.FC(F)(F)c1cc(Br)cc(C(F)(F)F)c1.FC(F)(F)c1ccc(Cl)c(I)c1.FC(F)(F)c1ccc(I)c(Cl)c1.FC(F)(F)c1ccc(I)cc1.FC(F)(F)c1cccc(Br)c1.FC(F)(F)c1cccc(Br)c1.FC(F)(F)c1cccc(I)c1.FC(F)(F)c1cccc(I)c1.FC(F)(F)c1ccccc1I. The zero-order valence-electron chi connectivity index (χ0n) is 56.9. The number of rotatable bonds is 0. The summed E-state index contributed by atoms with van der Waals surface area (Å²) in [5, 5.41) is 0.467. The van der Waals surface area contributed by atoms with Crippen LogP contribution >= 0.6 is 222 Å². The molecule has 0 aliphatic carbocycles. The van der Waals surface area contributed by atoms with E-state index in [1.54, 1.807) is 75.5 Å². The Balaban J connectivity index is 0.000000668. The first-order valence-corrected chi connectivity index (χ1v) is 40.3. The second kappa shape index (κ2) is 48.7. The average molecular weight is 2740 g/mol. The maximum atomic E-state index is 12.1. The van der Waals surface area contributed by atoms with Gasteiger partial charge >= 0.3 is 74.1 Å². The van der Waals surface area contributed by atoms with Crippen molar-refractivity contribution in [2.45, 2.75) is 74.1 Å². The number of hydrogen-bond acceptors (Lipinski definition) is 0. The van der Waals surface area contributed by atoms with Crippen LogP contribution in [0.1, 0.15) is 66.8 Å². The third-order valence-corrected chi connectivity index (χ3v) is 20.6. The Labute approximate surface area is 780 Å².